The normalized spacial score (nSPS) is 23.8. The van der Waals surface area contributed by atoms with Crippen molar-refractivity contribution in [3.05, 3.63) is 23.3 Å². The lowest BCUT2D eigenvalue weighted by Gasteiger charge is -2.21. The highest BCUT2D eigenvalue weighted by Crippen LogP contribution is 2.31. The number of methoxy groups -OCH3 is 1. The topological polar surface area (TPSA) is 21.3 Å². The molecule has 0 heterocycles. The summed E-state index contributed by atoms with van der Waals surface area (Å²) in [6.07, 6.45) is 6.66. The van der Waals surface area contributed by atoms with E-state index >= 15 is 0 Å². The monoisotopic (exact) mass is 261 g/mol. The van der Waals surface area contributed by atoms with E-state index in [9.17, 15) is 0 Å². The van der Waals surface area contributed by atoms with Crippen LogP contribution in [0.2, 0.25) is 0 Å². The first kappa shape index (κ1) is 14.2. The molecule has 0 saturated heterocycles. The molecule has 2 unspecified atom stereocenters. The lowest BCUT2D eigenvalue weighted by molar-refractivity contribution is 0.408. The number of nitrogens with one attached hydrogen (secondary N) is 1. The standard InChI is InChI=1S/C17H27NO/c1-12-6-5-7-15(10-8-12)18-16-11-9-13(2)17(19-4)14(16)3/h9,11-12,15,18H,5-8,10H2,1-4H3. The summed E-state index contributed by atoms with van der Waals surface area (Å²) in [7, 11) is 1.76. The molecule has 2 heteroatoms. The number of hydrogen-bond donors (Lipinski definition) is 1. The summed E-state index contributed by atoms with van der Waals surface area (Å²) in [5.41, 5.74) is 3.68. The Balaban J connectivity index is 2.10. The Labute approximate surface area is 117 Å². The van der Waals surface area contributed by atoms with Crippen LogP contribution in [0.3, 0.4) is 0 Å². The van der Waals surface area contributed by atoms with Crippen LogP contribution in [0.5, 0.6) is 5.75 Å². The van der Waals surface area contributed by atoms with Gasteiger partial charge < -0.3 is 10.1 Å². The molecule has 1 aliphatic rings. The Morgan fingerprint density at radius 3 is 2.63 bits per heavy atom. The van der Waals surface area contributed by atoms with Crippen molar-refractivity contribution in [3.8, 4) is 5.75 Å². The molecule has 0 amide bonds. The lowest BCUT2D eigenvalue weighted by Crippen LogP contribution is -2.19. The van der Waals surface area contributed by atoms with Gasteiger partial charge in [0.2, 0.25) is 0 Å². The van der Waals surface area contributed by atoms with Gasteiger partial charge in [-0.3, -0.25) is 0 Å². The molecule has 1 aromatic carbocycles. The quantitative estimate of drug-likeness (QED) is 0.797. The summed E-state index contributed by atoms with van der Waals surface area (Å²) in [6.45, 7) is 6.62. The second kappa shape index (κ2) is 6.31. The molecule has 0 aliphatic heterocycles. The molecule has 1 aromatic rings. The van der Waals surface area contributed by atoms with E-state index in [0.29, 0.717) is 6.04 Å². The van der Waals surface area contributed by atoms with E-state index in [1.807, 2.05) is 0 Å². The number of ether oxygens (including phenoxy) is 1. The SMILES string of the molecule is COc1c(C)ccc(NC2CCCC(C)CC2)c1C. The van der Waals surface area contributed by atoms with Gasteiger partial charge in [-0.1, -0.05) is 25.8 Å². The maximum atomic E-state index is 5.51. The first-order valence-electron chi connectivity index (χ1n) is 7.52. The van der Waals surface area contributed by atoms with Gasteiger partial charge in [0.05, 0.1) is 7.11 Å². The molecule has 19 heavy (non-hydrogen) atoms. The van der Waals surface area contributed by atoms with Crippen LogP contribution < -0.4 is 10.1 Å². The zero-order valence-electron chi connectivity index (χ0n) is 12.8. The highest BCUT2D eigenvalue weighted by molar-refractivity contribution is 5.60. The highest BCUT2D eigenvalue weighted by atomic mass is 16.5. The molecular weight excluding hydrogens is 234 g/mol. The first-order valence-corrected chi connectivity index (χ1v) is 7.52. The Hall–Kier alpha value is -1.18. The van der Waals surface area contributed by atoms with Crippen LogP contribution in [-0.4, -0.2) is 13.2 Å². The third-order valence-corrected chi connectivity index (χ3v) is 4.42. The fraction of sp³-hybridized carbons (Fsp3) is 0.647. The summed E-state index contributed by atoms with van der Waals surface area (Å²) in [5.74, 6) is 1.91. The van der Waals surface area contributed by atoms with Crippen molar-refractivity contribution in [2.75, 3.05) is 12.4 Å². The van der Waals surface area contributed by atoms with Crippen LogP contribution in [0.15, 0.2) is 12.1 Å². The molecule has 106 valence electrons. The second-order valence-corrected chi connectivity index (χ2v) is 6.04. The van der Waals surface area contributed by atoms with Gasteiger partial charge >= 0.3 is 0 Å². The molecular formula is C17H27NO. The summed E-state index contributed by atoms with van der Waals surface area (Å²) >= 11 is 0. The van der Waals surface area contributed by atoms with Crippen LogP contribution in [0, 0.1) is 19.8 Å². The smallest absolute Gasteiger partial charge is 0.126 e. The van der Waals surface area contributed by atoms with Gasteiger partial charge in [-0.15, -0.1) is 0 Å². The highest BCUT2D eigenvalue weighted by Gasteiger charge is 2.17. The third kappa shape index (κ3) is 3.43. The molecule has 2 nitrogen and oxygen atoms in total. The predicted molar refractivity (Wildman–Crippen MR) is 82.1 cm³/mol. The van der Waals surface area contributed by atoms with Gasteiger partial charge in [-0.05, 0) is 50.7 Å². The van der Waals surface area contributed by atoms with Gasteiger partial charge in [0, 0.05) is 17.3 Å². The fourth-order valence-electron chi connectivity index (χ4n) is 3.15. The molecule has 0 radical (unpaired) electrons. The number of rotatable bonds is 3. The Bertz CT molecular complexity index is 428. The number of aryl methyl sites for hydroxylation is 1. The minimum absolute atomic E-state index is 0.621. The summed E-state index contributed by atoms with van der Waals surface area (Å²) in [5, 5.41) is 3.73. The van der Waals surface area contributed by atoms with Crippen LogP contribution in [0.4, 0.5) is 5.69 Å². The summed E-state index contributed by atoms with van der Waals surface area (Å²) in [6, 6.07) is 4.96. The van der Waals surface area contributed by atoms with Gasteiger partial charge in [-0.2, -0.15) is 0 Å². The van der Waals surface area contributed by atoms with E-state index in [1.54, 1.807) is 7.11 Å². The van der Waals surface area contributed by atoms with Crippen LogP contribution >= 0.6 is 0 Å². The molecule has 0 spiro atoms. The van der Waals surface area contributed by atoms with E-state index in [1.165, 1.54) is 48.9 Å². The van der Waals surface area contributed by atoms with Gasteiger partial charge in [0.25, 0.3) is 0 Å². The van der Waals surface area contributed by atoms with E-state index in [4.69, 9.17) is 4.74 Å². The molecule has 1 saturated carbocycles. The lowest BCUT2D eigenvalue weighted by atomic mass is 10.0. The van der Waals surface area contributed by atoms with Crippen molar-refractivity contribution in [2.45, 2.75) is 58.9 Å². The molecule has 0 aromatic heterocycles. The summed E-state index contributed by atoms with van der Waals surface area (Å²) < 4.78 is 5.51. The predicted octanol–water partition coefficient (Wildman–Crippen LogP) is 4.69. The van der Waals surface area contributed by atoms with E-state index in [0.717, 1.165) is 11.7 Å². The first-order chi connectivity index (χ1) is 9.11. The zero-order chi connectivity index (χ0) is 13.8. The third-order valence-electron chi connectivity index (χ3n) is 4.42. The largest absolute Gasteiger partial charge is 0.496 e. The zero-order valence-corrected chi connectivity index (χ0v) is 12.8. The molecule has 2 atom stereocenters. The summed E-state index contributed by atoms with van der Waals surface area (Å²) in [4.78, 5) is 0. The Morgan fingerprint density at radius 1 is 1.11 bits per heavy atom. The molecule has 1 aliphatic carbocycles. The second-order valence-electron chi connectivity index (χ2n) is 6.04. The fourth-order valence-corrected chi connectivity index (χ4v) is 3.15. The minimum Gasteiger partial charge on any atom is -0.496 e. The van der Waals surface area contributed by atoms with Crippen LogP contribution in [0.1, 0.15) is 50.2 Å². The maximum Gasteiger partial charge on any atom is 0.126 e. The molecule has 1 N–H and O–H groups in total. The molecule has 2 rings (SSSR count). The van der Waals surface area contributed by atoms with E-state index in [2.05, 4.69) is 38.2 Å². The van der Waals surface area contributed by atoms with Crippen molar-refractivity contribution in [1.82, 2.24) is 0 Å². The molecule has 1 fully saturated rings. The minimum atomic E-state index is 0.621. The van der Waals surface area contributed by atoms with Crippen molar-refractivity contribution >= 4 is 5.69 Å². The van der Waals surface area contributed by atoms with Gasteiger partial charge in [0.15, 0.2) is 0 Å². The maximum absolute atomic E-state index is 5.51. The number of anilines is 1. The van der Waals surface area contributed by atoms with Gasteiger partial charge in [-0.25, -0.2) is 0 Å². The molecule has 0 bridgehead atoms. The van der Waals surface area contributed by atoms with Crippen molar-refractivity contribution in [3.63, 3.8) is 0 Å². The van der Waals surface area contributed by atoms with E-state index < -0.39 is 0 Å². The van der Waals surface area contributed by atoms with Crippen LogP contribution in [0.25, 0.3) is 0 Å². The van der Waals surface area contributed by atoms with Crippen LogP contribution in [-0.2, 0) is 0 Å². The Kier molecular flexibility index (Phi) is 4.73. The van der Waals surface area contributed by atoms with Gasteiger partial charge in [0.1, 0.15) is 5.75 Å². The van der Waals surface area contributed by atoms with Crippen molar-refractivity contribution < 1.29 is 4.74 Å². The van der Waals surface area contributed by atoms with Crippen molar-refractivity contribution in [2.24, 2.45) is 5.92 Å². The average Bonchev–Trinajstić information content (AvgIpc) is 2.59. The average molecular weight is 261 g/mol. The van der Waals surface area contributed by atoms with E-state index in [-0.39, 0.29) is 0 Å². The number of hydrogen-bond acceptors (Lipinski definition) is 2. The number of benzene rings is 1. The Morgan fingerprint density at radius 2 is 1.89 bits per heavy atom. The van der Waals surface area contributed by atoms with Crippen molar-refractivity contribution in [1.29, 1.82) is 0 Å².